The zero-order valence-corrected chi connectivity index (χ0v) is 49.9. The molecule has 0 aliphatic rings. The fourth-order valence-electron chi connectivity index (χ4n) is 9.99. The number of hydrogen-bond donors (Lipinski definition) is 0. The third-order valence-corrected chi connectivity index (χ3v) is 14.9. The van der Waals surface area contributed by atoms with Gasteiger partial charge in [0.25, 0.3) is 0 Å². The summed E-state index contributed by atoms with van der Waals surface area (Å²) in [6.07, 6.45) is 77.5. The molecule has 0 saturated carbocycles. The van der Waals surface area contributed by atoms with Gasteiger partial charge < -0.3 is 14.2 Å². The van der Waals surface area contributed by atoms with Gasteiger partial charge in [-0.3, -0.25) is 14.4 Å². The van der Waals surface area contributed by atoms with Crippen LogP contribution in [0.3, 0.4) is 0 Å². The third-order valence-electron chi connectivity index (χ3n) is 14.9. The number of rotatable bonds is 61. The van der Waals surface area contributed by atoms with Crippen LogP contribution >= 0.6 is 0 Å². The number of esters is 3. The Morgan fingerprint density at radius 1 is 0.284 bits per heavy atom. The first-order valence-electron chi connectivity index (χ1n) is 33.0. The smallest absolute Gasteiger partial charge is 0.306 e. The lowest BCUT2D eigenvalue weighted by molar-refractivity contribution is -0.167. The summed E-state index contributed by atoms with van der Waals surface area (Å²) < 4.78 is 16.9. The molecule has 1 unspecified atom stereocenters. The van der Waals surface area contributed by atoms with Gasteiger partial charge in [0.2, 0.25) is 0 Å². The topological polar surface area (TPSA) is 78.9 Å². The van der Waals surface area contributed by atoms with Crippen LogP contribution in [0.15, 0.2) is 36.5 Å². The molecule has 0 aliphatic heterocycles. The van der Waals surface area contributed by atoms with Gasteiger partial charge in [0.05, 0.1) is 0 Å². The van der Waals surface area contributed by atoms with Crippen LogP contribution in [0.5, 0.6) is 0 Å². The van der Waals surface area contributed by atoms with Crippen molar-refractivity contribution in [1.29, 1.82) is 0 Å². The molecule has 0 aliphatic carbocycles. The second-order valence-electron chi connectivity index (χ2n) is 22.4. The van der Waals surface area contributed by atoms with E-state index < -0.39 is 6.10 Å². The number of allylic oxidation sites excluding steroid dienone is 6. The van der Waals surface area contributed by atoms with Crippen molar-refractivity contribution in [2.75, 3.05) is 13.2 Å². The largest absolute Gasteiger partial charge is 0.462 e. The minimum absolute atomic E-state index is 0.0712. The molecule has 0 N–H and O–H groups in total. The molecular formula is C68H126O6. The second kappa shape index (κ2) is 63.2. The number of hydrogen-bond acceptors (Lipinski definition) is 6. The molecule has 0 aromatic heterocycles. The Hall–Kier alpha value is -2.37. The minimum atomic E-state index is -0.773. The summed E-state index contributed by atoms with van der Waals surface area (Å²) in [5, 5.41) is 0. The number of carbonyl (C=O) groups is 3. The number of unbranched alkanes of at least 4 members (excludes halogenated alkanes) is 44. The number of ether oxygens (including phenoxy) is 3. The molecule has 6 heteroatoms. The molecular weight excluding hydrogens is 913 g/mol. The lowest BCUT2D eigenvalue weighted by Crippen LogP contribution is -2.30. The van der Waals surface area contributed by atoms with Crippen LogP contribution in [-0.2, 0) is 28.6 Å². The summed E-state index contributed by atoms with van der Waals surface area (Å²) in [5.41, 5.74) is 0. The van der Waals surface area contributed by atoms with E-state index in [9.17, 15) is 14.4 Å². The van der Waals surface area contributed by atoms with Crippen molar-refractivity contribution < 1.29 is 28.6 Å². The molecule has 0 fully saturated rings. The Bertz CT molecular complexity index is 1240. The maximum absolute atomic E-state index is 12.9. The first-order valence-corrected chi connectivity index (χ1v) is 33.0. The molecule has 0 bridgehead atoms. The van der Waals surface area contributed by atoms with Crippen LogP contribution in [0.1, 0.15) is 361 Å². The average Bonchev–Trinajstić information content (AvgIpc) is 3.40. The fraction of sp³-hybridized carbons (Fsp3) is 0.868. The van der Waals surface area contributed by atoms with Crippen molar-refractivity contribution in [2.45, 2.75) is 367 Å². The standard InChI is InChI=1S/C68H126O6/c1-4-7-10-13-16-19-22-24-26-28-29-30-31-32-33-34-35-36-37-38-39-41-42-44-46-49-52-55-58-61-67(70)73-64-65(63-72-66(69)60-57-54-51-48-21-18-15-12-9-6-3)74-68(71)62-59-56-53-50-47-45-43-40-27-25-23-20-17-14-11-8-5-2/h8,11,17,20,25,27,65H,4-7,9-10,12-16,18-19,21-24,26,28-64H2,1-3H3/b11-8-,20-17-,27-25-. The highest BCUT2D eigenvalue weighted by Gasteiger charge is 2.19. The van der Waals surface area contributed by atoms with Crippen LogP contribution in [0.25, 0.3) is 0 Å². The summed E-state index contributed by atoms with van der Waals surface area (Å²) in [5.74, 6) is -0.860. The van der Waals surface area contributed by atoms with E-state index in [0.717, 1.165) is 83.5 Å². The van der Waals surface area contributed by atoms with Gasteiger partial charge in [0, 0.05) is 19.3 Å². The fourth-order valence-corrected chi connectivity index (χ4v) is 9.99. The Balaban J connectivity index is 4.10. The van der Waals surface area contributed by atoms with Gasteiger partial charge in [-0.05, 0) is 51.4 Å². The van der Waals surface area contributed by atoms with Crippen molar-refractivity contribution in [3.05, 3.63) is 36.5 Å². The molecule has 0 radical (unpaired) electrons. The highest BCUT2D eigenvalue weighted by molar-refractivity contribution is 5.71. The highest BCUT2D eigenvalue weighted by Crippen LogP contribution is 2.18. The Morgan fingerprint density at radius 2 is 0.527 bits per heavy atom. The van der Waals surface area contributed by atoms with Crippen LogP contribution in [0.2, 0.25) is 0 Å². The van der Waals surface area contributed by atoms with Crippen molar-refractivity contribution >= 4 is 17.9 Å². The Labute approximate surface area is 461 Å². The molecule has 0 aromatic rings. The van der Waals surface area contributed by atoms with E-state index in [0.29, 0.717) is 19.3 Å². The summed E-state index contributed by atoms with van der Waals surface area (Å²) in [6.45, 7) is 6.57. The van der Waals surface area contributed by atoms with E-state index in [2.05, 4.69) is 57.2 Å². The van der Waals surface area contributed by atoms with Gasteiger partial charge in [0.15, 0.2) is 6.10 Å². The van der Waals surface area contributed by atoms with Crippen LogP contribution in [0.4, 0.5) is 0 Å². The maximum Gasteiger partial charge on any atom is 0.306 e. The van der Waals surface area contributed by atoms with E-state index in [-0.39, 0.29) is 31.1 Å². The zero-order chi connectivity index (χ0) is 53.6. The molecule has 1 atom stereocenters. The van der Waals surface area contributed by atoms with Crippen molar-refractivity contribution in [2.24, 2.45) is 0 Å². The van der Waals surface area contributed by atoms with E-state index in [4.69, 9.17) is 14.2 Å². The Kier molecular flexibility index (Phi) is 61.1. The lowest BCUT2D eigenvalue weighted by atomic mass is 10.0. The van der Waals surface area contributed by atoms with E-state index in [1.165, 1.54) is 238 Å². The Morgan fingerprint density at radius 3 is 0.824 bits per heavy atom. The van der Waals surface area contributed by atoms with Crippen molar-refractivity contribution in [3.8, 4) is 0 Å². The molecule has 434 valence electrons. The zero-order valence-electron chi connectivity index (χ0n) is 49.9. The second-order valence-corrected chi connectivity index (χ2v) is 22.4. The molecule has 0 heterocycles. The van der Waals surface area contributed by atoms with Crippen molar-refractivity contribution in [1.82, 2.24) is 0 Å². The van der Waals surface area contributed by atoms with Gasteiger partial charge >= 0.3 is 17.9 Å². The third kappa shape index (κ3) is 60.5. The predicted octanol–water partition coefficient (Wildman–Crippen LogP) is 22.4. The van der Waals surface area contributed by atoms with Gasteiger partial charge in [-0.15, -0.1) is 0 Å². The summed E-state index contributed by atoms with van der Waals surface area (Å²) >= 11 is 0. The molecule has 0 rings (SSSR count). The first-order chi connectivity index (χ1) is 36.5. The molecule has 0 amide bonds. The van der Waals surface area contributed by atoms with E-state index in [1.807, 2.05) is 0 Å². The van der Waals surface area contributed by atoms with E-state index in [1.54, 1.807) is 0 Å². The van der Waals surface area contributed by atoms with Crippen molar-refractivity contribution in [3.63, 3.8) is 0 Å². The van der Waals surface area contributed by atoms with Gasteiger partial charge in [-0.25, -0.2) is 0 Å². The molecule has 0 saturated heterocycles. The monoisotopic (exact) mass is 1040 g/mol. The molecule has 74 heavy (non-hydrogen) atoms. The van der Waals surface area contributed by atoms with Gasteiger partial charge in [-0.1, -0.05) is 327 Å². The highest BCUT2D eigenvalue weighted by atomic mass is 16.6. The molecule has 0 spiro atoms. The predicted molar refractivity (Wildman–Crippen MR) is 321 cm³/mol. The normalized spacial score (nSPS) is 12.2. The SMILES string of the molecule is CC/C=C\C/C=C\C/C=C\CCCCCCCCCC(=O)OC(COC(=O)CCCCCCCCCCCC)COC(=O)CCCCCCCCCCCCCCCCCCCCCCCCCCCCCCC. The minimum Gasteiger partial charge on any atom is -0.462 e. The lowest BCUT2D eigenvalue weighted by Gasteiger charge is -2.18. The van der Waals surface area contributed by atoms with Crippen LogP contribution in [0, 0.1) is 0 Å². The summed E-state index contributed by atoms with van der Waals surface area (Å²) in [4.78, 5) is 38.2. The van der Waals surface area contributed by atoms with Gasteiger partial charge in [0.1, 0.15) is 13.2 Å². The quantitative estimate of drug-likeness (QED) is 0.0261. The first kappa shape index (κ1) is 71.6. The van der Waals surface area contributed by atoms with Crippen LogP contribution in [-0.4, -0.2) is 37.2 Å². The summed E-state index contributed by atoms with van der Waals surface area (Å²) in [7, 11) is 0. The van der Waals surface area contributed by atoms with E-state index >= 15 is 0 Å². The van der Waals surface area contributed by atoms with Gasteiger partial charge in [-0.2, -0.15) is 0 Å². The summed E-state index contributed by atoms with van der Waals surface area (Å²) in [6, 6.07) is 0. The maximum atomic E-state index is 12.9. The number of carbonyl (C=O) groups excluding carboxylic acids is 3. The average molecular weight is 1040 g/mol. The van der Waals surface area contributed by atoms with Crippen LogP contribution < -0.4 is 0 Å². The molecule has 0 aromatic carbocycles. The molecule has 6 nitrogen and oxygen atoms in total.